The van der Waals surface area contributed by atoms with Crippen LogP contribution in [0, 0.1) is 6.92 Å². The van der Waals surface area contributed by atoms with Gasteiger partial charge < -0.3 is 9.47 Å². The summed E-state index contributed by atoms with van der Waals surface area (Å²) in [5.41, 5.74) is 3.68. The second-order valence-electron chi connectivity index (χ2n) is 6.29. The summed E-state index contributed by atoms with van der Waals surface area (Å²) < 4.78 is 2.30. The van der Waals surface area contributed by atoms with E-state index in [4.69, 9.17) is 4.99 Å². The van der Waals surface area contributed by atoms with Crippen LogP contribution in [0.15, 0.2) is 41.5 Å². The molecule has 3 atom stereocenters. The van der Waals surface area contributed by atoms with E-state index in [0.29, 0.717) is 6.04 Å². The van der Waals surface area contributed by atoms with Crippen LogP contribution in [0.3, 0.4) is 0 Å². The molecule has 0 N–H and O–H groups in total. The van der Waals surface area contributed by atoms with E-state index >= 15 is 0 Å². The third-order valence-corrected chi connectivity index (χ3v) is 6.17. The Bertz CT molecular complexity index is 737. The van der Waals surface area contributed by atoms with E-state index in [1.165, 1.54) is 16.6 Å². The van der Waals surface area contributed by atoms with Gasteiger partial charge in [0.1, 0.15) is 6.04 Å². The maximum Gasteiger partial charge on any atom is 0.160 e. The van der Waals surface area contributed by atoms with Crippen molar-refractivity contribution in [2.24, 2.45) is 12.0 Å². The van der Waals surface area contributed by atoms with Crippen molar-refractivity contribution < 1.29 is 0 Å². The number of pyridine rings is 1. The van der Waals surface area contributed by atoms with Gasteiger partial charge in [-0.05, 0) is 37.6 Å². The van der Waals surface area contributed by atoms with Crippen LogP contribution < -0.4 is 0 Å². The summed E-state index contributed by atoms with van der Waals surface area (Å²) in [6.07, 6.45) is 3.03. The van der Waals surface area contributed by atoms with Crippen LogP contribution in [-0.2, 0) is 7.05 Å². The summed E-state index contributed by atoms with van der Waals surface area (Å²) in [5, 5.41) is 1.19. The molecule has 0 unspecified atom stereocenters. The number of aryl methyl sites for hydroxylation is 1. The Balaban J connectivity index is 1.82. The first kappa shape index (κ1) is 14.8. The van der Waals surface area contributed by atoms with Gasteiger partial charge in [-0.3, -0.25) is 9.98 Å². The lowest BCUT2D eigenvalue weighted by Gasteiger charge is -2.32. The zero-order valence-electron chi connectivity index (χ0n) is 13.8. The highest BCUT2D eigenvalue weighted by atomic mass is 32.2. The van der Waals surface area contributed by atoms with E-state index in [0.717, 1.165) is 17.9 Å². The second kappa shape index (κ2) is 5.71. The fraction of sp³-hybridized carbons (Fsp3) is 0.444. The number of hydrogen-bond acceptors (Lipinski definition) is 4. The van der Waals surface area contributed by atoms with Crippen LogP contribution in [0.25, 0.3) is 0 Å². The number of aliphatic imine (C=N–C) groups is 1. The smallest absolute Gasteiger partial charge is 0.160 e. The minimum absolute atomic E-state index is 0.0843. The molecule has 2 aliphatic rings. The molecule has 0 radical (unpaired) electrons. The summed E-state index contributed by atoms with van der Waals surface area (Å²) in [4.78, 5) is 12.2. The van der Waals surface area contributed by atoms with Crippen LogP contribution >= 0.6 is 11.8 Å². The van der Waals surface area contributed by atoms with Crippen molar-refractivity contribution in [2.75, 3.05) is 5.75 Å². The van der Waals surface area contributed by atoms with E-state index in [-0.39, 0.29) is 12.1 Å². The fourth-order valence-corrected chi connectivity index (χ4v) is 4.94. The summed E-state index contributed by atoms with van der Waals surface area (Å²) >= 11 is 1.89. The topological polar surface area (TPSA) is 33.4 Å². The van der Waals surface area contributed by atoms with Crippen LogP contribution in [0.5, 0.6) is 0 Å². The summed E-state index contributed by atoms with van der Waals surface area (Å²) in [6, 6.07) is 11.5. The van der Waals surface area contributed by atoms with E-state index in [1.807, 2.05) is 24.0 Å². The van der Waals surface area contributed by atoms with Gasteiger partial charge in [-0.15, -0.1) is 0 Å². The average molecular weight is 326 g/mol. The van der Waals surface area contributed by atoms with Gasteiger partial charge >= 0.3 is 0 Å². The van der Waals surface area contributed by atoms with Crippen LogP contribution in [0.2, 0.25) is 0 Å². The molecule has 0 amide bonds. The number of thioether (sulfide) groups is 1. The third kappa shape index (κ3) is 2.29. The molecule has 0 aliphatic carbocycles. The van der Waals surface area contributed by atoms with Gasteiger partial charge in [0.15, 0.2) is 5.17 Å². The highest BCUT2D eigenvalue weighted by molar-refractivity contribution is 8.14. The van der Waals surface area contributed by atoms with Gasteiger partial charge in [0.2, 0.25) is 0 Å². The van der Waals surface area contributed by atoms with Crippen LogP contribution in [-0.4, -0.2) is 31.4 Å². The van der Waals surface area contributed by atoms with Crippen molar-refractivity contribution >= 4 is 16.9 Å². The Hall–Kier alpha value is -1.75. The molecular weight excluding hydrogens is 304 g/mol. The summed E-state index contributed by atoms with van der Waals surface area (Å²) in [5.74, 6) is 1.14. The van der Waals surface area contributed by atoms with Gasteiger partial charge in [0.25, 0.3) is 0 Å². The first-order valence-electron chi connectivity index (χ1n) is 8.22. The molecule has 120 valence electrons. The van der Waals surface area contributed by atoms with Gasteiger partial charge in [0.05, 0.1) is 11.7 Å². The second-order valence-corrected chi connectivity index (χ2v) is 7.28. The molecule has 23 heavy (non-hydrogen) atoms. The van der Waals surface area contributed by atoms with E-state index < -0.39 is 0 Å². The van der Waals surface area contributed by atoms with Crippen molar-refractivity contribution in [2.45, 2.75) is 38.4 Å². The fourth-order valence-electron chi connectivity index (χ4n) is 3.60. The third-order valence-electron chi connectivity index (χ3n) is 5.04. The Morgan fingerprint density at radius 1 is 1.26 bits per heavy atom. The molecule has 4 nitrogen and oxygen atoms in total. The molecule has 0 saturated carbocycles. The number of rotatable bonds is 3. The summed E-state index contributed by atoms with van der Waals surface area (Å²) in [7, 11) is 2.16. The minimum atomic E-state index is 0.0843. The zero-order chi connectivity index (χ0) is 16.0. The predicted molar refractivity (Wildman–Crippen MR) is 95.7 cm³/mol. The minimum Gasteiger partial charge on any atom is -0.350 e. The van der Waals surface area contributed by atoms with E-state index in [1.54, 1.807) is 0 Å². The zero-order valence-corrected chi connectivity index (χ0v) is 14.6. The molecule has 0 bridgehead atoms. The Labute approximate surface area is 141 Å². The van der Waals surface area contributed by atoms with Crippen molar-refractivity contribution in [1.82, 2.24) is 14.5 Å². The lowest BCUT2D eigenvalue weighted by Crippen LogP contribution is -2.36. The molecule has 5 heteroatoms. The quantitative estimate of drug-likeness (QED) is 0.862. The van der Waals surface area contributed by atoms with Gasteiger partial charge in [-0.25, -0.2) is 0 Å². The number of nitrogens with zero attached hydrogens (tertiary/aromatic N) is 4. The molecule has 2 aromatic rings. The first-order valence-corrected chi connectivity index (χ1v) is 9.21. The molecule has 2 aliphatic heterocycles. The van der Waals surface area contributed by atoms with Crippen molar-refractivity contribution in [3.8, 4) is 0 Å². The standard InChI is InChI=1S/C18H22N4S/c1-4-13-11-23-18-20-16(14-7-5-6-10-19-14)17(22(13)18)15-9-8-12(2)21(15)3/h5-10,13,16-17H,4,11H2,1-3H3/t13-,16+,17+/m0/s1. The van der Waals surface area contributed by atoms with Crippen molar-refractivity contribution in [1.29, 1.82) is 0 Å². The maximum atomic E-state index is 5.06. The average Bonchev–Trinajstić information content (AvgIpc) is 3.23. The Morgan fingerprint density at radius 2 is 2.13 bits per heavy atom. The largest absolute Gasteiger partial charge is 0.350 e. The monoisotopic (exact) mass is 326 g/mol. The maximum absolute atomic E-state index is 5.06. The lowest BCUT2D eigenvalue weighted by molar-refractivity contribution is 0.247. The van der Waals surface area contributed by atoms with E-state index in [9.17, 15) is 0 Å². The highest BCUT2D eigenvalue weighted by Crippen LogP contribution is 2.48. The van der Waals surface area contributed by atoms with Crippen LogP contribution in [0.1, 0.15) is 42.5 Å². The molecule has 1 saturated heterocycles. The Kier molecular flexibility index (Phi) is 3.68. The Morgan fingerprint density at radius 3 is 2.78 bits per heavy atom. The molecule has 0 spiro atoms. The van der Waals surface area contributed by atoms with Gasteiger partial charge in [0, 0.05) is 36.4 Å². The van der Waals surface area contributed by atoms with Crippen LogP contribution in [0.4, 0.5) is 0 Å². The van der Waals surface area contributed by atoms with E-state index in [2.05, 4.69) is 59.6 Å². The normalized spacial score (nSPS) is 26.5. The predicted octanol–water partition coefficient (Wildman–Crippen LogP) is 3.71. The van der Waals surface area contributed by atoms with Gasteiger partial charge in [-0.1, -0.05) is 24.8 Å². The first-order chi connectivity index (χ1) is 11.2. The SMILES string of the molecule is CC[C@H]1CSC2=N[C@H](c3ccccn3)[C@@H](c3ccc(C)n3C)N21. The number of fused-ring (bicyclic) bond motifs is 1. The lowest BCUT2D eigenvalue weighted by atomic mass is 9.99. The molecular formula is C18H22N4S. The molecule has 2 aromatic heterocycles. The van der Waals surface area contributed by atoms with Crippen molar-refractivity contribution in [3.63, 3.8) is 0 Å². The van der Waals surface area contributed by atoms with Crippen molar-refractivity contribution in [3.05, 3.63) is 53.6 Å². The molecule has 4 rings (SSSR count). The number of amidine groups is 1. The molecule has 4 heterocycles. The van der Waals surface area contributed by atoms with Gasteiger partial charge in [-0.2, -0.15) is 0 Å². The number of aromatic nitrogens is 2. The highest BCUT2D eigenvalue weighted by Gasteiger charge is 2.46. The summed E-state index contributed by atoms with van der Waals surface area (Å²) in [6.45, 7) is 4.43. The molecule has 0 aromatic carbocycles. The number of hydrogen-bond donors (Lipinski definition) is 0. The molecule has 1 fully saturated rings.